The number of hydrogen-bond donors (Lipinski definition) is 2. The van der Waals surface area contributed by atoms with Gasteiger partial charge in [-0.1, -0.05) is 12.1 Å². The van der Waals surface area contributed by atoms with E-state index < -0.39 is 0 Å². The van der Waals surface area contributed by atoms with Gasteiger partial charge in [-0.3, -0.25) is 0 Å². The van der Waals surface area contributed by atoms with Crippen molar-refractivity contribution in [1.29, 1.82) is 0 Å². The first-order chi connectivity index (χ1) is 5.74. The van der Waals surface area contributed by atoms with Gasteiger partial charge in [0.15, 0.2) is 0 Å². The second kappa shape index (κ2) is 4.12. The van der Waals surface area contributed by atoms with Gasteiger partial charge in [0, 0.05) is 18.3 Å². The van der Waals surface area contributed by atoms with Crippen molar-refractivity contribution in [2.45, 2.75) is 19.9 Å². The molecule has 0 aromatic heterocycles. The Balaban J connectivity index is 2.71. The second-order valence-electron chi connectivity index (χ2n) is 2.94. The topological polar surface area (TPSA) is 38.0 Å². The van der Waals surface area contributed by atoms with Crippen LogP contribution in [0.5, 0.6) is 0 Å². The van der Waals surface area contributed by atoms with Crippen molar-refractivity contribution in [1.82, 2.24) is 0 Å². The molecule has 0 amide bonds. The SMILES string of the molecule is CCNc1ccc(C(C)N)cc1. The standard InChI is InChI=1S/C10H16N2/c1-3-12-10-6-4-9(5-7-10)8(2)11/h4-8,12H,3,11H2,1-2H3. The van der Waals surface area contributed by atoms with Crippen LogP contribution in [-0.2, 0) is 0 Å². The van der Waals surface area contributed by atoms with Gasteiger partial charge in [-0.2, -0.15) is 0 Å². The predicted molar refractivity (Wildman–Crippen MR) is 53.2 cm³/mol. The Morgan fingerprint density at radius 3 is 2.33 bits per heavy atom. The molecule has 2 heteroatoms. The van der Waals surface area contributed by atoms with Gasteiger partial charge in [-0.15, -0.1) is 0 Å². The van der Waals surface area contributed by atoms with E-state index in [1.807, 2.05) is 6.92 Å². The van der Waals surface area contributed by atoms with Crippen LogP contribution in [0.25, 0.3) is 0 Å². The number of anilines is 1. The lowest BCUT2D eigenvalue weighted by Gasteiger charge is -2.07. The molecule has 1 unspecified atom stereocenters. The van der Waals surface area contributed by atoms with Crippen molar-refractivity contribution in [2.24, 2.45) is 5.73 Å². The summed E-state index contributed by atoms with van der Waals surface area (Å²) in [4.78, 5) is 0. The smallest absolute Gasteiger partial charge is 0.0340 e. The Kier molecular flexibility index (Phi) is 3.11. The molecule has 12 heavy (non-hydrogen) atoms. The Morgan fingerprint density at radius 2 is 1.92 bits per heavy atom. The van der Waals surface area contributed by atoms with Crippen LogP contribution in [0, 0.1) is 0 Å². The summed E-state index contributed by atoms with van der Waals surface area (Å²) in [6.07, 6.45) is 0. The number of nitrogens with two attached hydrogens (primary N) is 1. The van der Waals surface area contributed by atoms with Gasteiger partial charge in [0.25, 0.3) is 0 Å². The van der Waals surface area contributed by atoms with E-state index in [1.165, 1.54) is 5.56 Å². The van der Waals surface area contributed by atoms with Crippen LogP contribution in [0.4, 0.5) is 5.69 Å². The molecule has 0 fully saturated rings. The molecule has 0 heterocycles. The maximum absolute atomic E-state index is 5.72. The highest BCUT2D eigenvalue weighted by atomic mass is 14.8. The molecule has 1 aromatic carbocycles. The summed E-state index contributed by atoms with van der Waals surface area (Å²) in [6, 6.07) is 8.36. The molecule has 3 N–H and O–H groups in total. The first-order valence-corrected chi connectivity index (χ1v) is 4.33. The summed E-state index contributed by atoms with van der Waals surface area (Å²) in [5, 5.41) is 3.23. The molecular weight excluding hydrogens is 148 g/mol. The molecule has 1 aromatic rings. The van der Waals surface area contributed by atoms with Crippen molar-refractivity contribution in [3.63, 3.8) is 0 Å². The molecule has 0 spiro atoms. The number of benzene rings is 1. The van der Waals surface area contributed by atoms with Crippen molar-refractivity contribution in [2.75, 3.05) is 11.9 Å². The van der Waals surface area contributed by atoms with Crippen LogP contribution in [-0.4, -0.2) is 6.54 Å². The van der Waals surface area contributed by atoms with Gasteiger partial charge in [-0.25, -0.2) is 0 Å². The first kappa shape index (κ1) is 9.07. The monoisotopic (exact) mass is 164 g/mol. The fourth-order valence-corrected chi connectivity index (χ4v) is 1.11. The highest BCUT2D eigenvalue weighted by molar-refractivity contribution is 5.44. The summed E-state index contributed by atoms with van der Waals surface area (Å²) >= 11 is 0. The Bertz CT molecular complexity index is 226. The summed E-state index contributed by atoms with van der Waals surface area (Å²) in [5.41, 5.74) is 8.05. The van der Waals surface area contributed by atoms with E-state index in [0.29, 0.717) is 0 Å². The lowest BCUT2D eigenvalue weighted by Crippen LogP contribution is -2.04. The Hall–Kier alpha value is -1.02. The van der Waals surface area contributed by atoms with E-state index >= 15 is 0 Å². The highest BCUT2D eigenvalue weighted by Gasteiger charge is 1.97. The minimum absolute atomic E-state index is 0.126. The van der Waals surface area contributed by atoms with E-state index in [4.69, 9.17) is 5.73 Å². The number of hydrogen-bond acceptors (Lipinski definition) is 2. The third kappa shape index (κ3) is 2.24. The third-order valence-electron chi connectivity index (χ3n) is 1.82. The van der Waals surface area contributed by atoms with Crippen LogP contribution in [0.1, 0.15) is 25.5 Å². The van der Waals surface area contributed by atoms with Crippen LogP contribution in [0.3, 0.4) is 0 Å². The van der Waals surface area contributed by atoms with Gasteiger partial charge >= 0.3 is 0 Å². The summed E-state index contributed by atoms with van der Waals surface area (Å²) in [5.74, 6) is 0. The Labute approximate surface area is 73.8 Å². The molecule has 0 aliphatic heterocycles. The zero-order chi connectivity index (χ0) is 8.97. The van der Waals surface area contributed by atoms with Crippen LogP contribution in [0.15, 0.2) is 24.3 Å². The minimum atomic E-state index is 0.126. The fraction of sp³-hybridized carbons (Fsp3) is 0.400. The quantitative estimate of drug-likeness (QED) is 0.718. The number of nitrogens with one attached hydrogen (secondary N) is 1. The largest absolute Gasteiger partial charge is 0.385 e. The normalized spacial score (nSPS) is 12.6. The van der Waals surface area contributed by atoms with Gasteiger partial charge in [-0.05, 0) is 31.5 Å². The molecular formula is C10H16N2. The second-order valence-corrected chi connectivity index (χ2v) is 2.94. The van der Waals surface area contributed by atoms with Gasteiger partial charge in [0.2, 0.25) is 0 Å². The lowest BCUT2D eigenvalue weighted by molar-refractivity contribution is 0.818. The molecule has 0 saturated carbocycles. The molecule has 0 aliphatic rings. The maximum atomic E-state index is 5.72. The molecule has 0 radical (unpaired) electrons. The van der Waals surface area contributed by atoms with Crippen LogP contribution >= 0.6 is 0 Å². The summed E-state index contributed by atoms with van der Waals surface area (Å²) in [7, 11) is 0. The van der Waals surface area contributed by atoms with E-state index in [9.17, 15) is 0 Å². The van der Waals surface area contributed by atoms with E-state index in [1.54, 1.807) is 0 Å². The average Bonchev–Trinajstić information content (AvgIpc) is 2.06. The molecule has 1 atom stereocenters. The van der Waals surface area contributed by atoms with Gasteiger partial charge < -0.3 is 11.1 Å². The summed E-state index contributed by atoms with van der Waals surface area (Å²) in [6.45, 7) is 5.03. The molecule has 1 rings (SSSR count). The van der Waals surface area contributed by atoms with Crippen molar-refractivity contribution in [3.8, 4) is 0 Å². The molecule has 66 valence electrons. The van der Waals surface area contributed by atoms with Crippen molar-refractivity contribution >= 4 is 5.69 Å². The Morgan fingerprint density at radius 1 is 1.33 bits per heavy atom. The third-order valence-corrected chi connectivity index (χ3v) is 1.82. The number of rotatable bonds is 3. The zero-order valence-electron chi connectivity index (χ0n) is 7.67. The predicted octanol–water partition coefficient (Wildman–Crippen LogP) is 2.14. The van der Waals surface area contributed by atoms with Crippen molar-refractivity contribution < 1.29 is 0 Å². The minimum Gasteiger partial charge on any atom is -0.385 e. The molecule has 0 saturated heterocycles. The molecule has 0 bridgehead atoms. The van der Waals surface area contributed by atoms with Crippen LogP contribution < -0.4 is 11.1 Å². The van der Waals surface area contributed by atoms with Crippen molar-refractivity contribution in [3.05, 3.63) is 29.8 Å². The van der Waals surface area contributed by atoms with Gasteiger partial charge in [0.05, 0.1) is 0 Å². The molecule has 0 aliphatic carbocycles. The van der Waals surface area contributed by atoms with E-state index in [0.717, 1.165) is 12.2 Å². The zero-order valence-corrected chi connectivity index (χ0v) is 7.67. The average molecular weight is 164 g/mol. The first-order valence-electron chi connectivity index (χ1n) is 4.33. The van der Waals surface area contributed by atoms with Gasteiger partial charge in [0.1, 0.15) is 0 Å². The fourth-order valence-electron chi connectivity index (χ4n) is 1.11. The highest BCUT2D eigenvalue weighted by Crippen LogP contribution is 2.13. The van der Waals surface area contributed by atoms with E-state index in [-0.39, 0.29) is 6.04 Å². The van der Waals surface area contributed by atoms with Crippen LogP contribution in [0.2, 0.25) is 0 Å². The summed E-state index contributed by atoms with van der Waals surface area (Å²) < 4.78 is 0. The molecule has 2 nitrogen and oxygen atoms in total. The maximum Gasteiger partial charge on any atom is 0.0340 e. The van der Waals surface area contributed by atoms with E-state index in [2.05, 4.69) is 36.5 Å². The lowest BCUT2D eigenvalue weighted by atomic mass is 10.1.